The molecule has 1 aromatic heterocycles. The van der Waals surface area contributed by atoms with Crippen LogP contribution in [0.15, 0.2) is 30.6 Å². The van der Waals surface area contributed by atoms with Crippen LogP contribution in [0, 0.1) is 0 Å². The highest BCUT2D eigenvalue weighted by atomic mass is 16.2. The molecule has 17 heavy (non-hydrogen) atoms. The number of aromatic amines is 1. The number of Topliss-reactive ketones (excluding diaryl/α,β-unsaturated/α-hetero) is 1. The number of aromatic nitrogens is 3. The lowest BCUT2D eigenvalue weighted by molar-refractivity contribution is -0.114. The van der Waals surface area contributed by atoms with Crippen molar-refractivity contribution in [2.75, 3.05) is 4.90 Å². The fraction of sp³-hybridized carbons (Fsp3) is 0.0909. The Morgan fingerprint density at radius 2 is 2.06 bits per heavy atom. The van der Waals surface area contributed by atoms with Gasteiger partial charge in [0.1, 0.15) is 6.33 Å². The van der Waals surface area contributed by atoms with E-state index in [0.717, 1.165) is 0 Å². The van der Waals surface area contributed by atoms with Gasteiger partial charge in [-0.05, 0) is 12.1 Å². The molecule has 0 spiro atoms. The van der Waals surface area contributed by atoms with Crippen molar-refractivity contribution in [1.82, 2.24) is 15.2 Å². The van der Waals surface area contributed by atoms with E-state index in [1.165, 1.54) is 11.2 Å². The van der Waals surface area contributed by atoms with Crippen molar-refractivity contribution < 1.29 is 9.59 Å². The molecule has 0 bridgehead atoms. The third-order valence-corrected chi connectivity index (χ3v) is 2.64. The molecule has 84 valence electrons. The number of hydrogen-bond donors (Lipinski definition) is 1. The standard InChI is InChI=1S/C11H8N4O2/c16-10-7-3-1-2-4-8(7)15(11(10)17)5-9-12-6-13-14-9/h1-4,6H,5H2,(H,12,13,14). The first-order valence-electron chi connectivity index (χ1n) is 5.07. The number of para-hydroxylation sites is 1. The first kappa shape index (κ1) is 9.71. The van der Waals surface area contributed by atoms with Gasteiger partial charge in [-0.3, -0.25) is 19.6 Å². The Labute approximate surface area is 96.3 Å². The minimum absolute atomic E-state index is 0.199. The quantitative estimate of drug-likeness (QED) is 0.760. The van der Waals surface area contributed by atoms with Gasteiger partial charge in [-0.2, -0.15) is 5.10 Å². The zero-order valence-corrected chi connectivity index (χ0v) is 8.75. The fourth-order valence-electron chi connectivity index (χ4n) is 1.86. The van der Waals surface area contributed by atoms with Crippen LogP contribution >= 0.6 is 0 Å². The SMILES string of the molecule is O=C1C(=O)N(Cc2nc[nH]n2)c2ccccc21. The highest BCUT2D eigenvalue weighted by Crippen LogP contribution is 2.29. The maximum absolute atomic E-state index is 11.8. The molecule has 1 N–H and O–H groups in total. The molecule has 1 aliphatic heterocycles. The molecule has 6 nitrogen and oxygen atoms in total. The lowest BCUT2D eigenvalue weighted by Gasteiger charge is -2.13. The van der Waals surface area contributed by atoms with Gasteiger partial charge in [0.05, 0.1) is 17.8 Å². The molecule has 0 saturated carbocycles. The van der Waals surface area contributed by atoms with Gasteiger partial charge < -0.3 is 0 Å². The minimum Gasteiger partial charge on any atom is -0.297 e. The van der Waals surface area contributed by atoms with E-state index in [2.05, 4.69) is 15.2 Å². The third kappa shape index (κ3) is 1.42. The number of benzene rings is 1. The van der Waals surface area contributed by atoms with Crippen molar-refractivity contribution in [2.45, 2.75) is 6.54 Å². The summed E-state index contributed by atoms with van der Waals surface area (Å²) < 4.78 is 0. The van der Waals surface area contributed by atoms with Crippen LogP contribution in [0.5, 0.6) is 0 Å². The maximum Gasteiger partial charge on any atom is 0.299 e. The van der Waals surface area contributed by atoms with E-state index in [9.17, 15) is 9.59 Å². The van der Waals surface area contributed by atoms with Gasteiger partial charge in [-0.1, -0.05) is 12.1 Å². The number of hydrogen-bond acceptors (Lipinski definition) is 4. The van der Waals surface area contributed by atoms with Gasteiger partial charge in [0, 0.05) is 0 Å². The average molecular weight is 228 g/mol. The molecule has 0 aliphatic carbocycles. The van der Waals surface area contributed by atoms with Crippen molar-refractivity contribution in [2.24, 2.45) is 0 Å². The van der Waals surface area contributed by atoms with Crippen molar-refractivity contribution in [1.29, 1.82) is 0 Å². The van der Waals surface area contributed by atoms with E-state index in [-0.39, 0.29) is 6.54 Å². The summed E-state index contributed by atoms with van der Waals surface area (Å²) in [6.07, 6.45) is 1.43. The monoisotopic (exact) mass is 228 g/mol. The zero-order chi connectivity index (χ0) is 11.8. The highest BCUT2D eigenvalue weighted by Gasteiger charge is 2.35. The third-order valence-electron chi connectivity index (χ3n) is 2.64. The predicted molar refractivity (Wildman–Crippen MR) is 58.3 cm³/mol. The Balaban J connectivity index is 2.01. The number of ketones is 1. The smallest absolute Gasteiger partial charge is 0.297 e. The highest BCUT2D eigenvalue weighted by molar-refractivity contribution is 6.52. The van der Waals surface area contributed by atoms with Crippen molar-refractivity contribution >= 4 is 17.4 Å². The van der Waals surface area contributed by atoms with E-state index in [1.54, 1.807) is 24.3 Å². The predicted octanol–water partition coefficient (Wildman–Crippen LogP) is 0.534. The number of rotatable bonds is 2. The molecule has 1 amide bonds. The Kier molecular flexibility index (Phi) is 2.01. The van der Waals surface area contributed by atoms with Gasteiger partial charge in [0.15, 0.2) is 5.82 Å². The second-order valence-electron chi connectivity index (χ2n) is 3.65. The Hall–Kier alpha value is -2.50. The van der Waals surface area contributed by atoms with E-state index in [1.807, 2.05) is 0 Å². The van der Waals surface area contributed by atoms with Crippen LogP contribution in [0.3, 0.4) is 0 Å². The Morgan fingerprint density at radius 1 is 1.24 bits per heavy atom. The number of H-pyrrole nitrogens is 1. The summed E-state index contributed by atoms with van der Waals surface area (Å²) in [6, 6.07) is 6.91. The molecule has 0 atom stereocenters. The van der Waals surface area contributed by atoms with Crippen LogP contribution in [0.1, 0.15) is 16.2 Å². The number of amides is 1. The van der Waals surface area contributed by atoms with E-state index >= 15 is 0 Å². The molecule has 0 radical (unpaired) electrons. The first-order chi connectivity index (χ1) is 8.27. The van der Waals surface area contributed by atoms with E-state index in [4.69, 9.17) is 0 Å². The first-order valence-corrected chi connectivity index (χ1v) is 5.07. The molecule has 0 fully saturated rings. The van der Waals surface area contributed by atoms with Crippen LogP contribution in [0.4, 0.5) is 5.69 Å². The largest absolute Gasteiger partial charge is 0.299 e. The molecule has 2 heterocycles. The van der Waals surface area contributed by atoms with E-state index in [0.29, 0.717) is 17.1 Å². The minimum atomic E-state index is -0.531. The van der Waals surface area contributed by atoms with Crippen LogP contribution in [-0.2, 0) is 11.3 Å². The van der Waals surface area contributed by atoms with Crippen molar-refractivity contribution in [3.63, 3.8) is 0 Å². The second-order valence-corrected chi connectivity index (χ2v) is 3.65. The molecular weight excluding hydrogens is 220 g/mol. The number of nitrogens with one attached hydrogen (secondary N) is 1. The number of nitrogens with zero attached hydrogens (tertiary/aromatic N) is 3. The molecule has 0 unspecified atom stereocenters. The van der Waals surface area contributed by atoms with Crippen LogP contribution in [-0.4, -0.2) is 26.9 Å². The van der Waals surface area contributed by atoms with E-state index < -0.39 is 11.7 Å². The molecule has 1 aromatic carbocycles. The second kappa shape index (κ2) is 3.51. The molecule has 1 aliphatic rings. The zero-order valence-electron chi connectivity index (χ0n) is 8.75. The topological polar surface area (TPSA) is 79.0 Å². The van der Waals surface area contributed by atoms with Gasteiger partial charge in [-0.25, -0.2) is 4.98 Å². The molecular formula is C11H8N4O2. The lowest BCUT2D eigenvalue weighted by Crippen LogP contribution is -2.29. The summed E-state index contributed by atoms with van der Waals surface area (Å²) in [6.45, 7) is 0.199. The van der Waals surface area contributed by atoms with Crippen LogP contribution < -0.4 is 4.90 Å². The van der Waals surface area contributed by atoms with Crippen molar-refractivity contribution in [3.05, 3.63) is 42.0 Å². The number of fused-ring (bicyclic) bond motifs is 1. The normalized spacial score (nSPS) is 14.2. The number of anilines is 1. The summed E-state index contributed by atoms with van der Waals surface area (Å²) in [5, 5.41) is 6.44. The van der Waals surface area contributed by atoms with Crippen LogP contribution in [0.25, 0.3) is 0 Å². The fourth-order valence-corrected chi connectivity index (χ4v) is 1.86. The number of carbonyl (C=O) groups is 2. The average Bonchev–Trinajstić information content (AvgIpc) is 2.94. The lowest BCUT2D eigenvalue weighted by atomic mass is 10.1. The molecule has 6 heteroatoms. The summed E-state index contributed by atoms with van der Waals surface area (Å²) >= 11 is 0. The van der Waals surface area contributed by atoms with Gasteiger partial charge >= 0.3 is 0 Å². The molecule has 3 rings (SSSR count). The van der Waals surface area contributed by atoms with Gasteiger partial charge in [-0.15, -0.1) is 0 Å². The Morgan fingerprint density at radius 3 is 2.82 bits per heavy atom. The summed E-state index contributed by atoms with van der Waals surface area (Å²) in [7, 11) is 0. The summed E-state index contributed by atoms with van der Waals surface area (Å²) in [4.78, 5) is 28.8. The van der Waals surface area contributed by atoms with Crippen molar-refractivity contribution in [3.8, 4) is 0 Å². The molecule has 2 aromatic rings. The van der Waals surface area contributed by atoms with Crippen LogP contribution in [0.2, 0.25) is 0 Å². The van der Waals surface area contributed by atoms with Gasteiger partial charge in [0.2, 0.25) is 0 Å². The summed E-state index contributed by atoms with van der Waals surface area (Å²) in [5.41, 5.74) is 1.06. The Bertz CT molecular complexity index is 591. The van der Waals surface area contributed by atoms with Gasteiger partial charge in [0.25, 0.3) is 11.7 Å². The summed E-state index contributed by atoms with van der Waals surface area (Å²) in [5.74, 6) is -0.532. The maximum atomic E-state index is 11.8. The molecule has 0 saturated heterocycles. The number of carbonyl (C=O) groups excluding carboxylic acids is 2.